The van der Waals surface area contributed by atoms with Gasteiger partial charge in [0.15, 0.2) is 0 Å². The number of aryl methyl sites for hydroxylation is 1. The van der Waals surface area contributed by atoms with Crippen LogP contribution in [0.3, 0.4) is 0 Å². The quantitative estimate of drug-likeness (QED) is 0.792. The summed E-state index contributed by atoms with van der Waals surface area (Å²) < 4.78 is 4.89. The summed E-state index contributed by atoms with van der Waals surface area (Å²) in [6.07, 6.45) is 4.43. The highest BCUT2D eigenvalue weighted by Gasteiger charge is 2.33. The number of esters is 1. The second-order valence-electron chi connectivity index (χ2n) is 6.77. The number of carbonyl (C=O) groups excluding carboxylic acids is 3. The first-order chi connectivity index (χ1) is 12.1. The Labute approximate surface area is 147 Å². The van der Waals surface area contributed by atoms with Gasteiger partial charge in [0.05, 0.1) is 7.11 Å². The van der Waals surface area contributed by atoms with Crippen molar-refractivity contribution in [2.24, 2.45) is 0 Å². The average Bonchev–Trinajstić information content (AvgIpc) is 3.07. The number of benzene rings is 1. The van der Waals surface area contributed by atoms with Crippen molar-refractivity contribution in [2.45, 2.75) is 56.5 Å². The van der Waals surface area contributed by atoms with E-state index in [1.165, 1.54) is 18.2 Å². The first kappa shape index (κ1) is 17.5. The lowest BCUT2D eigenvalue weighted by molar-refractivity contribution is -0.145. The van der Waals surface area contributed by atoms with Gasteiger partial charge in [0.1, 0.15) is 12.1 Å². The monoisotopic (exact) mass is 344 g/mol. The molecule has 1 heterocycles. The molecule has 6 heteroatoms. The Morgan fingerprint density at radius 3 is 2.80 bits per heavy atom. The van der Waals surface area contributed by atoms with Crippen LogP contribution in [0.25, 0.3) is 0 Å². The fraction of sp³-hybridized carbons (Fsp3) is 0.526. The third kappa shape index (κ3) is 4.00. The smallest absolute Gasteiger partial charge is 0.328 e. The number of rotatable bonds is 5. The minimum absolute atomic E-state index is 0.129. The molecule has 3 atom stereocenters. The van der Waals surface area contributed by atoms with E-state index in [2.05, 4.69) is 22.8 Å². The average molecular weight is 344 g/mol. The van der Waals surface area contributed by atoms with Crippen LogP contribution < -0.4 is 10.6 Å². The predicted molar refractivity (Wildman–Crippen MR) is 91.8 cm³/mol. The van der Waals surface area contributed by atoms with Gasteiger partial charge in [0.2, 0.25) is 11.8 Å². The highest BCUT2D eigenvalue weighted by molar-refractivity contribution is 5.93. The largest absolute Gasteiger partial charge is 0.467 e. The molecule has 3 rings (SSSR count). The summed E-state index contributed by atoms with van der Waals surface area (Å²) in [6.45, 7) is 0. The van der Waals surface area contributed by atoms with Crippen molar-refractivity contribution >= 4 is 17.8 Å². The Hall–Kier alpha value is -2.37. The Morgan fingerprint density at radius 2 is 2.08 bits per heavy atom. The van der Waals surface area contributed by atoms with Crippen molar-refractivity contribution in [3.63, 3.8) is 0 Å². The molecule has 25 heavy (non-hydrogen) atoms. The van der Waals surface area contributed by atoms with Crippen molar-refractivity contribution in [2.75, 3.05) is 7.11 Å². The fourth-order valence-electron chi connectivity index (χ4n) is 3.82. The van der Waals surface area contributed by atoms with E-state index in [4.69, 9.17) is 4.74 Å². The van der Waals surface area contributed by atoms with Crippen LogP contribution >= 0.6 is 0 Å². The number of nitrogens with one attached hydrogen (secondary N) is 2. The van der Waals surface area contributed by atoms with Gasteiger partial charge in [0, 0.05) is 6.42 Å². The maximum atomic E-state index is 12.4. The van der Waals surface area contributed by atoms with Gasteiger partial charge < -0.3 is 15.4 Å². The molecule has 1 fully saturated rings. The number of amides is 2. The molecule has 1 saturated heterocycles. The molecule has 0 saturated carbocycles. The van der Waals surface area contributed by atoms with E-state index in [1.807, 2.05) is 12.1 Å². The molecular formula is C19H24N2O4. The molecule has 1 aromatic carbocycles. The number of hydrogen-bond acceptors (Lipinski definition) is 4. The molecule has 6 nitrogen and oxygen atoms in total. The zero-order valence-corrected chi connectivity index (χ0v) is 14.4. The van der Waals surface area contributed by atoms with Crippen LogP contribution in [0, 0.1) is 0 Å². The lowest BCUT2D eigenvalue weighted by Crippen LogP contribution is -2.49. The van der Waals surface area contributed by atoms with E-state index in [1.54, 1.807) is 0 Å². The molecule has 1 aliphatic heterocycles. The van der Waals surface area contributed by atoms with Gasteiger partial charge in [-0.15, -0.1) is 0 Å². The van der Waals surface area contributed by atoms with Crippen LogP contribution in [-0.4, -0.2) is 37.0 Å². The number of hydrogen-bond donors (Lipinski definition) is 2. The van der Waals surface area contributed by atoms with Crippen molar-refractivity contribution in [1.82, 2.24) is 10.6 Å². The van der Waals surface area contributed by atoms with Gasteiger partial charge in [-0.1, -0.05) is 24.3 Å². The Morgan fingerprint density at radius 1 is 1.28 bits per heavy atom. The molecule has 0 spiro atoms. The number of fused-ring (bicyclic) bond motifs is 1. The summed E-state index contributed by atoms with van der Waals surface area (Å²) in [7, 11) is 1.33. The van der Waals surface area contributed by atoms with Crippen molar-refractivity contribution in [3.8, 4) is 0 Å². The zero-order chi connectivity index (χ0) is 17.8. The summed E-state index contributed by atoms with van der Waals surface area (Å²) in [6, 6.07) is 7.01. The SMILES string of the molecule is COC(=O)[C@H](C[C@H]1CCCc2ccccc21)NC(=O)[C@H]1CCC(=O)N1. The minimum Gasteiger partial charge on any atom is -0.467 e. The Bertz CT molecular complexity index is 673. The van der Waals surface area contributed by atoms with Gasteiger partial charge in [0.25, 0.3) is 0 Å². The van der Waals surface area contributed by atoms with Crippen LogP contribution in [0.1, 0.15) is 49.1 Å². The molecule has 134 valence electrons. The molecular weight excluding hydrogens is 320 g/mol. The van der Waals surface area contributed by atoms with Crippen LogP contribution in [0.2, 0.25) is 0 Å². The summed E-state index contributed by atoms with van der Waals surface area (Å²) in [5.41, 5.74) is 2.57. The van der Waals surface area contributed by atoms with Crippen molar-refractivity contribution < 1.29 is 19.1 Å². The standard InChI is InChI=1S/C19H24N2O4/c1-25-19(24)16(21-18(23)15-9-10-17(22)20-15)11-13-7-4-6-12-5-2-3-8-14(12)13/h2-3,5,8,13,15-16H,4,6-7,9-11H2,1H3,(H,20,22)(H,21,23)/t13-,15-,16+/m1/s1. The van der Waals surface area contributed by atoms with Crippen molar-refractivity contribution in [1.29, 1.82) is 0 Å². The third-order valence-electron chi connectivity index (χ3n) is 5.13. The van der Waals surface area contributed by atoms with Crippen LogP contribution in [0.4, 0.5) is 0 Å². The van der Waals surface area contributed by atoms with E-state index in [-0.39, 0.29) is 17.7 Å². The third-order valence-corrected chi connectivity index (χ3v) is 5.13. The normalized spacial score (nSPS) is 23.3. The Balaban J connectivity index is 1.70. The summed E-state index contributed by atoms with van der Waals surface area (Å²) in [5.74, 6) is -0.672. The van der Waals surface area contributed by atoms with Gasteiger partial charge >= 0.3 is 5.97 Å². The molecule has 1 aliphatic carbocycles. The molecule has 0 bridgehead atoms. The number of carbonyl (C=O) groups is 3. The number of ether oxygens (including phenoxy) is 1. The molecule has 0 radical (unpaired) electrons. The van der Waals surface area contributed by atoms with Gasteiger partial charge in [-0.3, -0.25) is 9.59 Å². The van der Waals surface area contributed by atoms with Crippen LogP contribution in [0.5, 0.6) is 0 Å². The summed E-state index contributed by atoms with van der Waals surface area (Å²) >= 11 is 0. The second-order valence-corrected chi connectivity index (χ2v) is 6.77. The lowest BCUT2D eigenvalue weighted by atomic mass is 9.79. The molecule has 2 aliphatic rings. The second kappa shape index (κ2) is 7.68. The maximum absolute atomic E-state index is 12.4. The van der Waals surface area contributed by atoms with E-state index in [0.29, 0.717) is 19.3 Å². The van der Waals surface area contributed by atoms with Gasteiger partial charge in [-0.25, -0.2) is 4.79 Å². The predicted octanol–water partition coefficient (Wildman–Crippen LogP) is 1.43. The maximum Gasteiger partial charge on any atom is 0.328 e. The molecule has 0 unspecified atom stereocenters. The first-order valence-electron chi connectivity index (χ1n) is 8.84. The highest BCUT2D eigenvalue weighted by Crippen LogP contribution is 2.34. The molecule has 1 aromatic rings. The summed E-state index contributed by atoms with van der Waals surface area (Å²) in [5, 5.41) is 5.41. The van der Waals surface area contributed by atoms with Crippen LogP contribution in [0.15, 0.2) is 24.3 Å². The molecule has 2 N–H and O–H groups in total. The highest BCUT2D eigenvalue weighted by atomic mass is 16.5. The summed E-state index contributed by atoms with van der Waals surface area (Å²) in [4.78, 5) is 35.9. The van der Waals surface area contributed by atoms with E-state index >= 15 is 0 Å². The van der Waals surface area contributed by atoms with E-state index in [9.17, 15) is 14.4 Å². The minimum atomic E-state index is -0.703. The Kier molecular flexibility index (Phi) is 5.36. The van der Waals surface area contributed by atoms with Gasteiger partial charge in [-0.05, 0) is 49.1 Å². The fourth-order valence-corrected chi connectivity index (χ4v) is 3.82. The van der Waals surface area contributed by atoms with Crippen molar-refractivity contribution in [3.05, 3.63) is 35.4 Å². The topological polar surface area (TPSA) is 84.5 Å². The zero-order valence-electron chi connectivity index (χ0n) is 14.4. The lowest BCUT2D eigenvalue weighted by Gasteiger charge is -2.29. The molecule has 2 amide bonds. The number of methoxy groups -OCH3 is 1. The van der Waals surface area contributed by atoms with E-state index in [0.717, 1.165) is 19.3 Å². The van der Waals surface area contributed by atoms with Gasteiger partial charge in [-0.2, -0.15) is 0 Å². The van der Waals surface area contributed by atoms with E-state index < -0.39 is 18.1 Å². The first-order valence-corrected chi connectivity index (χ1v) is 8.84. The molecule has 0 aromatic heterocycles. The van der Waals surface area contributed by atoms with Crippen LogP contribution in [-0.2, 0) is 25.5 Å².